The molecule has 0 radical (unpaired) electrons. The van der Waals surface area contributed by atoms with Gasteiger partial charge in [0.2, 0.25) is 5.91 Å². The first kappa shape index (κ1) is 21.6. The van der Waals surface area contributed by atoms with E-state index < -0.39 is 6.04 Å². The lowest BCUT2D eigenvalue weighted by molar-refractivity contribution is -0.117. The van der Waals surface area contributed by atoms with Crippen molar-refractivity contribution < 1.29 is 18.7 Å². The molecule has 3 aromatic rings. The highest BCUT2D eigenvalue weighted by atomic mass is 19.1. The van der Waals surface area contributed by atoms with Crippen molar-refractivity contribution in [3.63, 3.8) is 0 Å². The number of hydrogen-bond acceptors (Lipinski definition) is 3. The lowest BCUT2D eigenvalue weighted by Gasteiger charge is -2.31. The van der Waals surface area contributed by atoms with E-state index in [-0.39, 0.29) is 30.3 Å². The molecule has 0 saturated heterocycles. The highest BCUT2D eigenvalue weighted by Crippen LogP contribution is 2.37. The van der Waals surface area contributed by atoms with Crippen molar-refractivity contribution in [2.24, 2.45) is 0 Å². The van der Waals surface area contributed by atoms with Crippen LogP contribution in [0.5, 0.6) is 5.75 Å². The van der Waals surface area contributed by atoms with Crippen LogP contribution in [0.4, 0.5) is 10.1 Å². The van der Waals surface area contributed by atoms with Gasteiger partial charge in [-0.05, 0) is 68.8 Å². The second-order valence-corrected chi connectivity index (χ2v) is 8.22. The largest absolute Gasteiger partial charge is 0.491 e. The maximum atomic E-state index is 13.6. The summed E-state index contributed by atoms with van der Waals surface area (Å²) in [6.45, 7) is 5.69. The van der Waals surface area contributed by atoms with Crippen molar-refractivity contribution in [3.8, 4) is 5.75 Å². The number of carbonyl (C=O) groups excluding carboxylic acids is 2. The first-order valence-electron chi connectivity index (χ1n) is 10.6. The molecule has 32 heavy (non-hydrogen) atoms. The van der Waals surface area contributed by atoms with Gasteiger partial charge < -0.3 is 15.0 Å². The van der Waals surface area contributed by atoms with Gasteiger partial charge in [0.1, 0.15) is 18.1 Å². The number of benzene rings is 3. The summed E-state index contributed by atoms with van der Waals surface area (Å²) in [5, 5.41) is 2.90. The van der Waals surface area contributed by atoms with E-state index in [1.165, 1.54) is 17.0 Å². The van der Waals surface area contributed by atoms with E-state index in [2.05, 4.69) is 5.32 Å². The van der Waals surface area contributed by atoms with E-state index in [1.54, 1.807) is 36.4 Å². The highest BCUT2D eigenvalue weighted by molar-refractivity contribution is 6.01. The predicted octanol–water partition coefficient (Wildman–Crippen LogP) is 5.11. The minimum atomic E-state index is -0.552. The summed E-state index contributed by atoms with van der Waals surface area (Å²) in [6, 6.07) is 18.1. The molecule has 164 valence electrons. The van der Waals surface area contributed by atoms with Crippen LogP contribution in [-0.2, 0) is 4.79 Å². The molecule has 1 atom stereocenters. The minimum Gasteiger partial charge on any atom is -0.491 e. The zero-order valence-corrected chi connectivity index (χ0v) is 18.3. The Balaban J connectivity index is 1.79. The Morgan fingerprint density at radius 1 is 1.06 bits per heavy atom. The highest BCUT2D eigenvalue weighted by Gasteiger charge is 2.34. The Morgan fingerprint density at radius 3 is 2.41 bits per heavy atom. The van der Waals surface area contributed by atoms with Crippen molar-refractivity contribution in [1.29, 1.82) is 0 Å². The third kappa shape index (κ3) is 4.49. The average Bonchev–Trinajstić information content (AvgIpc) is 2.90. The van der Waals surface area contributed by atoms with E-state index in [1.807, 2.05) is 39.0 Å². The number of fused-ring (bicyclic) bond motifs is 1. The van der Waals surface area contributed by atoms with Gasteiger partial charge in [-0.1, -0.05) is 29.8 Å². The fraction of sp³-hybridized carbons (Fsp3) is 0.231. The maximum absolute atomic E-state index is 13.6. The van der Waals surface area contributed by atoms with Gasteiger partial charge >= 0.3 is 0 Å². The molecule has 3 aromatic carbocycles. The standard InChI is InChI=1S/C26H25FN2O3/c1-16(2)32-21-11-7-19(8-12-21)26(31)29-15-24(30)28-23-13-4-17(3)14-22(23)25(29)18-5-9-20(27)10-6-18/h4-14,16,25H,15H2,1-3H3,(H,28,30)/t25-/m1/s1. The summed E-state index contributed by atoms with van der Waals surface area (Å²) in [7, 11) is 0. The molecule has 0 spiro atoms. The first-order valence-corrected chi connectivity index (χ1v) is 10.6. The molecule has 0 aromatic heterocycles. The number of carbonyl (C=O) groups is 2. The van der Waals surface area contributed by atoms with Crippen molar-refractivity contribution in [3.05, 3.63) is 94.8 Å². The molecule has 0 bridgehead atoms. The van der Waals surface area contributed by atoms with Crippen LogP contribution in [0.2, 0.25) is 0 Å². The van der Waals surface area contributed by atoms with Crippen molar-refractivity contribution in [2.75, 3.05) is 11.9 Å². The Bertz CT molecular complexity index is 1140. The molecular formula is C26H25FN2O3. The number of ether oxygens (including phenoxy) is 1. The zero-order chi connectivity index (χ0) is 22.8. The van der Waals surface area contributed by atoms with Crippen LogP contribution < -0.4 is 10.1 Å². The van der Waals surface area contributed by atoms with Crippen LogP contribution in [0, 0.1) is 12.7 Å². The van der Waals surface area contributed by atoms with Gasteiger partial charge in [-0.3, -0.25) is 9.59 Å². The van der Waals surface area contributed by atoms with Crippen LogP contribution in [0.25, 0.3) is 0 Å². The Morgan fingerprint density at radius 2 is 1.75 bits per heavy atom. The number of hydrogen-bond donors (Lipinski definition) is 1. The zero-order valence-electron chi connectivity index (χ0n) is 18.3. The Hall–Kier alpha value is -3.67. The summed E-state index contributed by atoms with van der Waals surface area (Å²) in [5.74, 6) is -0.270. The third-order valence-corrected chi connectivity index (χ3v) is 5.32. The Kier molecular flexibility index (Phi) is 5.95. The number of amides is 2. The molecule has 0 fully saturated rings. The predicted molar refractivity (Wildman–Crippen MR) is 121 cm³/mol. The molecule has 5 nitrogen and oxygen atoms in total. The van der Waals surface area contributed by atoms with Gasteiger partial charge in [-0.25, -0.2) is 4.39 Å². The van der Waals surface area contributed by atoms with Gasteiger partial charge in [0.25, 0.3) is 5.91 Å². The van der Waals surface area contributed by atoms with Crippen LogP contribution in [0.15, 0.2) is 66.7 Å². The number of anilines is 1. The second-order valence-electron chi connectivity index (χ2n) is 8.22. The van der Waals surface area contributed by atoms with Crippen molar-refractivity contribution in [2.45, 2.75) is 32.9 Å². The number of aryl methyl sites for hydroxylation is 1. The molecule has 2 amide bonds. The van der Waals surface area contributed by atoms with E-state index >= 15 is 0 Å². The van der Waals surface area contributed by atoms with Crippen molar-refractivity contribution in [1.82, 2.24) is 4.90 Å². The van der Waals surface area contributed by atoms with E-state index in [0.29, 0.717) is 17.0 Å². The van der Waals surface area contributed by atoms with Crippen LogP contribution in [0.1, 0.15) is 46.9 Å². The smallest absolute Gasteiger partial charge is 0.255 e. The van der Waals surface area contributed by atoms with Gasteiger partial charge in [0.15, 0.2) is 0 Å². The molecule has 4 rings (SSSR count). The molecule has 0 unspecified atom stereocenters. The topological polar surface area (TPSA) is 58.6 Å². The molecular weight excluding hydrogens is 407 g/mol. The van der Waals surface area contributed by atoms with E-state index in [4.69, 9.17) is 4.74 Å². The number of nitrogens with zero attached hydrogens (tertiary/aromatic N) is 1. The molecule has 0 saturated carbocycles. The summed E-state index contributed by atoms with van der Waals surface area (Å²) in [5.41, 5.74) is 3.59. The molecule has 6 heteroatoms. The fourth-order valence-electron chi connectivity index (χ4n) is 3.93. The number of halogens is 1. The SMILES string of the molecule is Cc1ccc2c(c1)[C@@H](c1ccc(F)cc1)N(C(=O)c1ccc(OC(C)C)cc1)CC(=O)N2. The summed E-state index contributed by atoms with van der Waals surface area (Å²) >= 11 is 0. The fourth-order valence-corrected chi connectivity index (χ4v) is 3.93. The summed E-state index contributed by atoms with van der Waals surface area (Å²) in [4.78, 5) is 27.8. The third-order valence-electron chi connectivity index (χ3n) is 5.32. The van der Waals surface area contributed by atoms with Crippen LogP contribution in [0.3, 0.4) is 0 Å². The maximum Gasteiger partial charge on any atom is 0.255 e. The normalized spacial score (nSPS) is 15.7. The molecule has 1 aliphatic heterocycles. The first-order chi connectivity index (χ1) is 15.3. The van der Waals surface area contributed by atoms with Gasteiger partial charge in [0, 0.05) is 16.8 Å². The molecule has 0 aliphatic carbocycles. The van der Waals surface area contributed by atoms with Crippen molar-refractivity contribution >= 4 is 17.5 Å². The lowest BCUT2D eigenvalue weighted by atomic mass is 9.94. The van der Waals surface area contributed by atoms with Gasteiger partial charge in [0.05, 0.1) is 12.1 Å². The molecule has 1 heterocycles. The van der Waals surface area contributed by atoms with Crippen LogP contribution >= 0.6 is 0 Å². The second kappa shape index (κ2) is 8.83. The van der Waals surface area contributed by atoms with Crippen LogP contribution in [-0.4, -0.2) is 29.4 Å². The molecule has 1 aliphatic rings. The van der Waals surface area contributed by atoms with Gasteiger partial charge in [-0.15, -0.1) is 0 Å². The van der Waals surface area contributed by atoms with Gasteiger partial charge in [-0.2, -0.15) is 0 Å². The monoisotopic (exact) mass is 432 g/mol. The minimum absolute atomic E-state index is 0.0217. The Labute approximate surface area is 186 Å². The molecule has 1 N–H and O–H groups in total. The van der Waals surface area contributed by atoms with E-state index in [9.17, 15) is 14.0 Å². The number of nitrogens with one attached hydrogen (secondary N) is 1. The summed E-state index contributed by atoms with van der Waals surface area (Å²) < 4.78 is 19.3. The number of rotatable bonds is 4. The quantitative estimate of drug-likeness (QED) is 0.624. The van der Waals surface area contributed by atoms with E-state index in [0.717, 1.165) is 16.7 Å². The average molecular weight is 432 g/mol. The lowest BCUT2D eigenvalue weighted by Crippen LogP contribution is -2.39. The summed E-state index contributed by atoms with van der Waals surface area (Å²) in [6.07, 6.45) is 0.0217.